The van der Waals surface area contributed by atoms with Crippen molar-refractivity contribution in [3.63, 3.8) is 0 Å². The number of H-pyrrole nitrogens is 2. The lowest BCUT2D eigenvalue weighted by Crippen LogP contribution is -2.28. The molecule has 0 saturated carbocycles. The summed E-state index contributed by atoms with van der Waals surface area (Å²) in [5, 5.41) is 9.56. The van der Waals surface area contributed by atoms with Gasteiger partial charge in [-0.3, -0.25) is 14.6 Å². The minimum atomic E-state index is -0.696. The second-order valence-corrected chi connectivity index (χ2v) is 5.09. The van der Waals surface area contributed by atoms with E-state index in [1.807, 2.05) is 11.9 Å². The van der Waals surface area contributed by atoms with Crippen LogP contribution in [-0.4, -0.2) is 41.0 Å². The Morgan fingerprint density at radius 2 is 2.15 bits per heavy atom. The predicted molar refractivity (Wildman–Crippen MR) is 93.7 cm³/mol. The number of carbonyl (C=O) groups excluding carboxylic acids is 1. The van der Waals surface area contributed by atoms with Crippen LogP contribution in [0.25, 0.3) is 0 Å². The Balaban J connectivity index is 1.90. The smallest absolute Gasteiger partial charge is 0.342 e. The molecule has 3 N–H and O–H groups in total. The lowest BCUT2D eigenvalue weighted by Gasteiger charge is -2.09. The van der Waals surface area contributed by atoms with Crippen LogP contribution in [-0.2, 0) is 11.2 Å². The fourth-order valence-electron chi connectivity index (χ4n) is 2.05. The minimum absolute atomic E-state index is 0.00787. The van der Waals surface area contributed by atoms with Gasteiger partial charge in [0.05, 0.1) is 19.9 Å². The van der Waals surface area contributed by atoms with Crippen LogP contribution in [0.2, 0.25) is 0 Å². The largest absolute Gasteiger partial charge is 0.493 e. The average Bonchev–Trinajstić information content (AvgIpc) is 2.62. The number of hydrazone groups is 1. The number of aryl methyl sites for hydroxylation is 1. The van der Waals surface area contributed by atoms with Crippen molar-refractivity contribution in [3.8, 4) is 11.5 Å². The first-order valence-electron chi connectivity index (χ1n) is 7.84. The summed E-state index contributed by atoms with van der Waals surface area (Å²) < 4.78 is 10.7. The molecule has 0 bridgehead atoms. The van der Waals surface area contributed by atoms with Gasteiger partial charge in [-0.2, -0.15) is 10.2 Å². The number of aromatic nitrogens is 3. The molecule has 1 amide bonds. The summed E-state index contributed by atoms with van der Waals surface area (Å²) in [4.78, 5) is 36.1. The molecule has 0 aliphatic rings. The molecule has 0 spiro atoms. The van der Waals surface area contributed by atoms with Crippen molar-refractivity contribution in [2.75, 3.05) is 13.7 Å². The summed E-state index contributed by atoms with van der Waals surface area (Å²) in [7, 11) is 1.53. The van der Waals surface area contributed by atoms with Gasteiger partial charge in [0.2, 0.25) is 5.91 Å². The van der Waals surface area contributed by atoms with Crippen molar-refractivity contribution in [2.45, 2.75) is 19.8 Å². The zero-order valence-corrected chi connectivity index (χ0v) is 14.4. The maximum Gasteiger partial charge on any atom is 0.342 e. The Labute approximate surface area is 148 Å². The van der Waals surface area contributed by atoms with Crippen LogP contribution in [0.1, 0.15) is 24.6 Å². The monoisotopic (exact) mass is 361 g/mol. The standard InChI is InChI=1S/C16H19N5O5/c1-3-26-12-6-4-10(8-13(12)25-2)9-17-20-14(22)7-5-11-15(23)18-16(24)21-19-11/h4,6,8-9H,3,5,7H2,1-2H3,(H,20,22)(H2,18,21,23,24)/b17-9+. The molecule has 138 valence electrons. The Hall–Kier alpha value is -3.43. The zero-order valence-electron chi connectivity index (χ0n) is 14.4. The highest BCUT2D eigenvalue weighted by atomic mass is 16.5. The molecule has 0 unspecified atom stereocenters. The molecule has 1 aromatic heterocycles. The van der Waals surface area contributed by atoms with Gasteiger partial charge >= 0.3 is 5.69 Å². The third kappa shape index (κ3) is 5.30. The van der Waals surface area contributed by atoms with E-state index < -0.39 is 17.2 Å². The van der Waals surface area contributed by atoms with Crippen LogP contribution in [0, 0.1) is 0 Å². The first-order chi connectivity index (χ1) is 12.5. The number of hydrogen-bond acceptors (Lipinski definition) is 7. The van der Waals surface area contributed by atoms with Crippen LogP contribution < -0.4 is 26.1 Å². The maximum atomic E-state index is 11.8. The number of benzene rings is 1. The van der Waals surface area contributed by atoms with Crippen molar-refractivity contribution in [2.24, 2.45) is 5.10 Å². The van der Waals surface area contributed by atoms with Gasteiger partial charge in [-0.1, -0.05) is 0 Å². The van der Waals surface area contributed by atoms with Gasteiger partial charge in [0.15, 0.2) is 11.5 Å². The molecule has 0 aliphatic carbocycles. The molecular formula is C16H19N5O5. The second-order valence-electron chi connectivity index (χ2n) is 5.09. The third-order valence-corrected chi connectivity index (χ3v) is 3.26. The molecule has 0 fully saturated rings. The molecule has 1 aromatic carbocycles. The number of carbonyl (C=O) groups is 1. The molecular weight excluding hydrogens is 342 g/mol. The SMILES string of the molecule is CCOc1ccc(/C=N/NC(=O)CCc2n[nH]c(=O)[nH]c2=O)cc1OC. The normalized spacial score (nSPS) is 10.7. The van der Waals surface area contributed by atoms with Crippen LogP contribution >= 0.6 is 0 Å². The summed E-state index contributed by atoms with van der Waals surface area (Å²) in [6, 6.07) is 5.25. The fraction of sp³-hybridized carbons (Fsp3) is 0.312. The van der Waals surface area contributed by atoms with E-state index in [2.05, 4.69) is 20.7 Å². The number of rotatable bonds is 8. The summed E-state index contributed by atoms with van der Waals surface area (Å²) in [6.45, 7) is 2.40. The Morgan fingerprint density at radius 3 is 2.85 bits per heavy atom. The van der Waals surface area contributed by atoms with E-state index in [-0.39, 0.29) is 18.5 Å². The van der Waals surface area contributed by atoms with Gasteiger partial charge in [0, 0.05) is 12.8 Å². The van der Waals surface area contributed by atoms with Crippen LogP contribution in [0.4, 0.5) is 0 Å². The second kappa shape index (κ2) is 9.16. The summed E-state index contributed by atoms with van der Waals surface area (Å²) in [6.07, 6.45) is 1.53. The lowest BCUT2D eigenvalue weighted by molar-refractivity contribution is -0.121. The maximum absolute atomic E-state index is 11.8. The Kier molecular flexibility index (Phi) is 6.66. The highest BCUT2D eigenvalue weighted by Gasteiger charge is 2.07. The zero-order chi connectivity index (χ0) is 18.9. The number of amides is 1. The van der Waals surface area contributed by atoms with Gasteiger partial charge in [0.1, 0.15) is 5.69 Å². The first kappa shape index (κ1) is 18.9. The molecule has 26 heavy (non-hydrogen) atoms. The van der Waals surface area contributed by atoms with Crippen LogP contribution in [0.5, 0.6) is 11.5 Å². The summed E-state index contributed by atoms with van der Waals surface area (Å²) >= 11 is 0. The van der Waals surface area contributed by atoms with Gasteiger partial charge in [-0.25, -0.2) is 15.3 Å². The molecule has 10 heteroatoms. The van der Waals surface area contributed by atoms with Gasteiger partial charge < -0.3 is 9.47 Å². The molecule has 10 nitrogen and oxygen atoms in total. The summed E-state index contributed by atoms with van der Waals surface area (Å²) in [5.41, 5.74) is 1.82. The molecule has 0 aliphatic heterocycles. The van der Waals surface area contributed by atoms with Crippen molar-refractivity contribution in [1.29, 1.82) is 0 Å². The fourth-order valence-corrected chi connectivity index (χ4v) is 2.05. The molecule has 1 heterocycles. The topological polar surface area (TPSA) is 139 Å². The van der Waals surface area contributed by atoms with Gasteiger partial charge in [-0.05, 0) is 30.7 Å². The van der Waals surface area contributed by atoms with Crippen molar-refractivity contribution in [3.05, 3.63) is 50.3 Å². The predicted octanol–water partition coefficient (Wildman–Crippen LogP) is -0.0516. The quantitative estimate of drug-likeness (QED) is 0.445. The molecule has 0 radical (unpaired) electrons. The number of methoxy groups -OCH3 is 1. The molecule has 0 saturated heterocycles. The number of nitrogens with one attached hydrogen (secondary N) is 3. The van der Waals surface area contributed by atoms with E-state index in [1.54, 1.807) is 18.2 Å². The van der Waals surface area contributed by atoms with E-state index in [9.17, 15) is 14.4 Å². The Morgan fingerprint density at radius 1 is 1.35 bits per heavy atom. The highest BCUT2D eigenvalue weighted by molar-refractivity contribution is 5.83. The van der Waals surface area contributed by atoms with E-state index in [4.69, 9.17) is 9.47 Å². The Bertz CT molecular complexity index is 902. The van der Waals surface area contributed by atoms with Gasteiger partial charge in [0.25, 0.3) is 5.56 Å². The highest BCUT2D eigenvalue weighted by Crippen LogP contribution is 2.27. The molecule has 2 aromatic rings. The van der Waals surface area contributed by atoms with E-state index in [1.165, 1.54) is 13.3 Å². The first-order valence-corrected chi connectivity index (χ1v) is 7.84. The number of aromatic amines is 2. The van der Waals surface area contributed by atoms with Gasteiger partial charge in [-0.15, -0.1) is 0 Å². The average molecular weight is 361 g/mol. The van der Waals surface area contributed by atoms with Crippen LogP contribution in [0.3, 0.4) is 0 Å². The van der Waals surface area contributed by atoms with E-state index in [0.717, 1.165) is 0 Å². The third-order valence-electron chi connectivity index (χ3n) is 3.26. The van der Waals surface area contributed by atoms with E-state index in [0.29, 0.717) is 23.7 Å². The number of ether oxygens (including phenoxy) is 2. The van der Waals surface area contributed by atoms with Crippen molar-refractivity contribution >= 4 is 12.1 Å². The summed E-state index contributed by atoms with van der Waals surface area (Å²) in [5.74, 6) is 0.784. The van der Waals surface area contributed by atoms with Crippen LogP contribution in [0.15, 0.2) is 32.9 Å². The van der Waals surface area contributed by atoms with Crippen molar-refractivity contribution in [1.82, 2.24) is 20.6 Å². The van der Waals surface area contributed by atoms with Crippen molar-refractivity contribution < 1.29 is 14.3 Å². The van der Waals surface area contributed by atoms with E-state index >= 15 is 0 Å². The number of hydrogen-bond donors (Lipinski definition) is 3. The molecule has 0 atom stereocenters. The number of nitrogens with zero attached hydrogens (tertiary/aromatic N) is 2. The minimum Gasteiger partial charge on any atom is -0.493 e. The molecule has 2 rings (SSSR count). The lowest BCUT2D eigenvalue weighted by atomic mass is 10.2.